The minimum absolute atomic E-state index is 0.827. The predicted molar refractivity (Wildman–Crippen MR) is 94.3 cm³/mol. The van der Waals surface area contributed by atoms with Crippen LogP contribution >= 0.6 is 0 Å². The van der Waals surface area contributed by atoms with Gasteiger partial charge in [-0.05, 0) is 31.9 Å². The fraction of sp³-hybridized carbons (Fsp3) is 0.684. The number of aryl methyl sites for hydroxylation is 1. The van der Waals surface area contributed by atoms with Gasteiger partial charge in [0.2, 0.25) is 0 Å². The number of benzene rings is 1. The highest BCUT2D eigenvalue weighted by atomic mass is 16.5. The highest BCUT2D eigenvalue weighted by molar-refractivity contribution is 5.26. The van der Waals surface area contributed by atoms with Gasteiger partial charge in [0.05, 0.1) is 6.61 Å². The Morgan fingerprint density at radius 2 is 1.19 bits per heavy atom. The lowest BCUT2D eigenvalue weighted by Gasteiger charge is -2.06. The van der Waals surface area contributed by atoms with E-state index in [9.17, 15) is 0 Å². The minimum Gasteiger partial charge on any atom is -0.494 e. The summed E-state index contributed by atoms with van der Waals surface area (Å²) in [6.07, 6.45) is 6.10. The van der Waals surface area contributed by atoms with Crippen molar-refractivity contribution in [3.63, 3.8) is 0 Å². The van der Waals surface area contributed by atoms with Crippen LogP contribution in [0, 0.1) is 6.92 Å². The Kier molecular flexibility index (Phi) is 20.1. The summed E-state index contributed by atoms with van der Waals surface area (Å²) in [5, 5.41) is 0. The van der Waals surface area contributed by atoms with Gasteiger partial charge >= 0.3 is 0 Å². The lowest BCUT2D eigenvalue weighted by atomic mass is 10.1. The van der Waals surface area contributed by atoms with Crippen LogP contribution in [0.15, 0.2) is 24.3 Å². The first-order chi connectivity index (χ1) is 10.3. The zero-order chi connectivity index (χ0) is 16.3. The average Bonchev–Trinajstić information content (AvgIpc) is 2.55. The van der Waals surface area contributed by atoms with Crippen molar-refractivity contribution >= 4 is 0 Å². The van der Waals surface area contributed by atoms with Crippen molar-refractivity contribution in [1.82, 2.24) is 0 Å². The van der Waals surface area contributed by atoms with Crippen molar-refractivity contribution in [3.05, 3.63) is 29.8 Å². The van der Waals surface area contributed by atoms with E-state index in [2.05, 4.69) is 19.1 Å². The van der Waals surface area contributed by atoms with Crippen LogP contribution in [0.5, 0.6) is 5.75 Å². The summed E-state index contributed by atoms with van der Waals surface area (Å²) in [6, 6.07) is 8.24. The van der Waals surface area contributed by atoms with Gasteiger partial charge in [0.1, 0.15) is 5.75 Å². The van der Waals surface area contributed by atoms with Crippen LogP contribution < -0.4 is 4.74 Å². The molecule has 0 radical (unpaired) electrons. The summed E-state index contributed by atoms with van der Waals surface area (Å²) in [6.45, 7) is 11.8. The summed E-state index contributed by atoms with van der Waals surface area (Å²) in [7, 11) is 1.76. The Balaban J connectivity index is 0. The molecule has 0 unspecified atom stereocenters. The second-order valence-electron chi connectivity index (χ2n) is 4.42. The fourth-order valence-electron chi connectivity index (χ4n) is 1.70. The summed E-state index contributed by atoms with van der Waals surface area (Å²) >= 11 is 0. The molecule has 0 aromatic heterocycles. The van der Waals surface area contributed by atoms with E-state index in [1.807, 2.05) is 39.8 Å². The molecule has 0 atom stereocenters. The van der Waals surface area contributed by atoms with Crippen LogP contribution in [-0.2, 0) is 4.74 Å². The number of unbranched alkanes of at least 4 members (excludes halogenated alkanes) is 4. The van der Waals surface area contributed by atoms with Gasteiger partial charge in [-0.25, -0.2) is 0 Å². The summed E-state index contributed by atoms with van der Waals surface area (Å²) in [4.78, 5) is 0. The van der Waals surface area contributed by atoms with Gasteiger partial charge in [-0.3, -0.25) is 0 Å². The van der Waals surface area contributed by atoms with E-state index in [1.54, 1.807) is 7.11 Å². The Labute approximate surface area is 132 Å². The summed E-state index contributed by atoms with van der Waals surface area (Å²) in [5.41, 5.74) is 1.27. The van der Waals surface area contributed by atoms with Crippen LogP contribution in [0.2, 0.25) is 0 Å². The normalized spacial score (nSPS) is 9.05. The van der Waals surface area contributed by atoms with E-state index in [0.29, 0.717) is 0 Å². The summed E-state index contributed by atoms with van der Waals surface area (Å²) in [5.74, 6) is 0.981. The first-order valence-electron chi connectivity index (χ1n) is 8.51. The van der Waals surface area contributed by atoms with Gasteiger partial charge in [0.25, 0.3) is 0 Å². The van der Waals surface area contributed by atoms with E-state index >= 15 is 0 Å². The Morgan fingerprint density at radius 1 is 0.714 bits per heavy atom. The van der Waals surface area contributed by atoms with Crippen molar-refractivity contribution < 1.29 is 9.47 Å². The monoisotopic (exact) mass is 296 g/mol. The van der Waals surface area contributed by atoms with E-state index < -0.39 is 0 Å². The number of hydrogen-bond donors (Lipinski definition) is 0. The third kappa shape index (κ3) is 15.2. The molecule has 0 aliphatic carbocycles. The van der Waals surface area contributed by atoms with Crippen molar-refractivity contribution in [2.24, 2.45) is 0 Å². The van der Waals surface area contributed by atoms with Crippen LogP contribution in [-0.4, -0.2) is 20.3 Å². The number of ether oxygens (including phenoxy) is 2. The first-order valence-corrected chi connectivity index (χ1v) is 8.51. The minimum atomic E-state index is 0.827. The molecule has 0 spiro atoms. The highest BCUT2D eigenvalue weighted by Gasteiger charge is 1.94. The molecular weight excluding hydrogens is 260 g/mol. The highest BCUT2D eigenvalue weighted by Crippen LogP contribution is 2.12. The topological polar surface area (TPSA) is 18.5 Å². The molecule has 0 aliphatic rings. The van der Waals surface area contributed by atoms with E-state index in [4.69, 9.17) is 9.47 Å². The van der Waals surface area contributed by atoms with Crippen molar-refractivity contribution in [1.29, 1.82) is 0 Å². The number of hydrogen-bond acceptors (Lipinski definition) is 2. The molecule has 0 bridgehead atoms. The number of rotatable bonds is 9. The van der Waals surface area contributed by atoms with Gasteiger partial charge < -0.3 is 9.47 Å². The number of methoxy groups -OCH3 is 1. The standard InChI is InChI=1S/C15H24O2.2C2H6/c1-14-8-10-15(11-9-14)17-13-7-5-3-4-6-12-16-2;2*1-2/h8-11H,3-7,12-13H2,1-2H3;2*1-2H3. The molecule has 1 aromatic rings. The molecule has 0 saturated carbocycles. The van der Waals surface area contributed by atoms with Crippen LogP contribution in [0.4, 0.5) is 0 Å². The smallest absolute Gasteiger partial charge is 0.119 e. The largest absolute Gasteiger partial charge is 0.494 e. The van der Waals surface area contributed by atoms with E-state index in [1.165, 1.54) is 31.2 Å². The van der Waals surface area contributed by atoms with Gasteiger partial charge in [0.15, 0.2) is 0 Å². The van der Waals surface area contributed by atoms with Crippen molar-refractivity contribution in [3.8, 4) is 5.75 Å². The molecule has 0 N–H and O–H groups in total. The zero-order valence-corrected chi connectivity index (χ0v) is 15.1. The van der Waals surface area contributed by atoms with Crippen molar-refractivity contribution in [2.75, 3.05) is 20.3 Å². The molecule has 124 valence electrons. The Hall–Kier alpha value is -1.02. The second kappa shape index (κ2) is 19.0. The zero-order valence-electron chi connectivity index (χ0n) is 15.1. The molecule has 1 rings (SSSR count). The fourth-order valence-corrected chi connectivity index (χ4v) is 1.70. The molecule has 1 aromatic carbocycles. The van der Waals surface area contributed by atoms with Gasteiger partial charge in [-0.1, -0.05) is 64.7 Å². The van der Waals surface area contributed by atoms with Crippen molar-refractivity contribution in [2.45, 2.75) is 66.7 Å². The third-order valence-corrected chi connectivity index (χ3v) is 2.78. The SMILES string of the molecule is CC.CC.COCCCCCCCOc1ccc(C)cc1. The quantitative estimate of drug-likeness (QED) is 0.518. The molecule has 2 nitrogen and oxygen atoms in total. The van der Waals surface area contributed by atoms with Gasteiger partial charge in [-0.2, -0.15) is 0 Å². The molecule has 0 amide bonds. The maximum atomic E-state index is 5.66. The van der Waals surface area contributed by atoms with Crippen LogP contribution in [0.1, 0.15) is 65.4 Å². The van der Waals surface area contributed by atoms with Crippen LogP contribution in [0.25, 0.3) is 0 Å². The molecule has 0 heterocycles. The van der Waals surface area contributed by atoms with Gasteiger partial charge in [-0.15, -0.1) is 0 Å². The Morgan fingerprint density at radius 3 is 1.71 bits per heavy atom. The maximum absolute atomic E-state index is 5.66. The molecule has 0 fully saturated rings. The van der Waals surface area contributed by atoms with Gasteiger partial charge in [0, 0.05) is 13.7 Å². The predicted octanol–water partition coefficient (Wildman–Crippen LogP) is 6.02. The Bertz CT molecular complexity index is 280. The third-order valence-electron chi connectivity index (χ3n) is 2.78. The van der Waals surface area contributed by atoms with Crippen LogP contribution in [0.3, 0.4) is 0 Å². The average molecular weight is 296 g/mol. The summed E-state index contributed by atoms with van der Waals surface area (Å²) < 4.78 is 10.7. The maximum Gasteiger partial charge on any atom is 0.119 e. The lowest BCUT2D eigenvalue weighted by molar-refractivity contribution is 0.191. The molecular formula is C19H36O2. The van der Waals surface area contributed by atoms with E-state index in [0.717, 1.165) is 25.4 Å². The second-order valence-corrected chi connectivity index (χ2v) is 4.42. The van der Waals surface area contributed by atoms with E-state index in [-0.39, 0.29) is 0 Å². The molecule has 0 saturated heterocycles. The first kappa shape index (κ1) is 22.3. The molecule has 21 heavy (non-hydrogen) atoms. The lowest BCUT2D eigenvalue weighted by Crippen LogP contribution is -1.97. The molecule has 2 heteroatoms. The molecule has 0 aliphatic heterocycles.